The minimum absolute atomic E-state index is 0.221. The summed E-state index contributed by atoms with van der Waals surface area (Å²) in [5, 5.41) is 6.41. The Morgan fingerprint density at radius 3 is 2.65 bits per heavy atom. The summed E-state index contributed by atoms with van der Waals surface area (Å²) in [4.78, 5) is 16.8. The van der Waals surface area contributed by atoms with E-state index in [-0.39, 0.29) is 11.6 Å². The SMILES string of the molecule is CNC(=O)C(=NOC)c1ccccc1COc1cccc(C)c1. The molecule has 1 amide bonds. The fourth-order valence-corrected chi connectivity index (χ4v) is 2.17. The lowest BCUT2D eigenvalue weighted by Crippen LogP contribution is -2.29. The van der Waals surface area contributed by atoms with Crippen LogP contribution in [-0.2, 0) is 16.2 Å². The second-order valence-corrected chi connectivity index (χ2v) is 4.96. The maximum Gasteiger partial charge on any atom is 0.273 e. The number of carbonyl (C=O) groups is 1. The fourth-order valence-electron chi connectivity index (χ4n) is 2.17. The van der Waals surface area contributed by atoms with Crippen molar-refractivity contribution < 1.29 is 14.4 Å². The minimum Gasteiger partial charge on any atom is -0.489 e. The Kier molecular flexibility index (Phi) is 5.74. The monoisotopic (exact) mass is 312 g/mol. The van der Waals surface area contributed by atoms with Crippen molar-refractivity contribution in [1.82, 2.24) is 5.32 Å². The molecule has 0 bridgehead atoms. The number of oxime groups is 1. The number of amides is 1. The maximum atomic E-state index is 12.0. The smallest absolute Gasteiger partial charge is 0.273 e. The number of nitrogens with one attached hydrogen (secondary N) is 1. The van der Waals surface area contributed by atoms with Crippen LogP contribution in [0.2, 0.25) is 0 Å². The van der Waals surface area contributed by atoms with Crippen LogP contribution in [0.5, 0.6) is 5.75 Å². The highest BCUT2D eigenvalue weighted by Gasteiger charge is 2.17. The third-order valence-corrected chi connectivity index (χ3v) is 3.28. The van der Waals surface area contributed by atoms with Gasteiger partial charge in [-0.25, -0.2) is 0 Å². The van der Waals surface area contributed by atoms with Gasteiger partial charge >= 0.3 is 0 Å². The first-order valence-electron chi connectivity index (χ1n) is 7.26. The predicted molar refractivity (Wildman–Crippen MR) is 89.6 cm³/mol. The van der Waals surface area contributed by atoms with Gasteiger partial charge in [0.1, 0.15) is 19.5 Å². The Morgan fingerprint density at radius 2 is 1.96 bits per heavy atom. The second kappa shape index (κ2) is 7.98. The third kappa shape index (κ3) is 4.32. The minimum atomic E-state index is -0.310. The lowest BCUT2D eigenvalue weighted by molar-refractivity contribution is -0.114. The molecule has 0 aliphatic rings. The van der Waals surface area contributed by atoms with E-state index in [9.17, 15) is 4.79 Å². The first kappa shape index (κ1) is 16.5. The molecule has 2 rings (SSSR count). The van der Waals surface area contributed by atoms with Crippen LogP contribution in [0.4, 0.5) is 0 Å². The van der Waals surface area contributed by atoms with Gasteiger partial charge in [-0.3, -0.25) is 4.79 Å². The molecule has 0 heterocycles. The van der Waals surface area contributed by atoms with E-state index in [1.54, 1.807) is 7.05 Å². The Balaban J connectivity index is 2.26. The largest absolute Gasteiger partial charge is 0.489 e. The molecule has 0 radical (unpaired) electrons. The number of likely N-dealkylation sites (N-methyl/N-ethyl adjacent to an activating group) is 1. The van der Waals surface area contributed by atoms with E-state index in [1.165, 1.54) is 7.11 Å². The van der Waals surface area contributed by atoms with Gasteiger partial charge in [0.05, 0.1) is 0 Å². The summed E-state index contributed by atoms with van der Waals surface area (Å²) in [7, 11) is 2.97. The summed E-state index contributed by atoms with van der Waals surface area (Å²) in [5.41, 5.74) is 2.89. The summed E-state index contributed by atoms with van der Waals surface area (Å²) < 4.78 is 5.83. The van der Waals surface area contributed by atoms with Gasteiger partial charge in [0.25, 0.3) is 5.91 Å². The summed E-state index contributed by atoms with van der Waals surface area (Å²) in [5.74, 6) is 0.472. The van der Waals surface area contributed by atoms with Crippen LogP contribution in [0.1, 0.15) is 16.7 Å². The van der Waals surface area contributed by atoms with Crippen LogP contribution in [0, 0.1) is 6.92 Å². The molecular formula is C18H20N2O3. The average molecular weight is 312 g/mol. The van der Waals surface area contributed by atoms with Crippen molar-refractivity contribution in [3.05, 3.63) is 65.2 Å². The van der Waals surface area contributed by atoms with Crippen molar-refractivity contribution in [2.75, 3.05) is 14.2 Å². The molecule has 5 nitrogen and oxygen atoms in total. The molecule has 0 saturated carbocycles. The summed E-state index contributed by atoms with van der Waals surface area (Å²) in [6.45, 7) is 2.34. The normalized spacial score (nSPS) is 11.0. The molecule has 0 fully saturated rings. The van der Waals surface area contributed by atoms with Gasteiger partial charge in [-0.2, -0.15) is 0 Å². The standard InChI is InChI=1S/C18H20N2O3/c1-13-7-6-9-15(11-13)23-12-14-8-4-5-10-16(14)17(20-22-3)18(21)19-2/h4-11H,12H2,1-3H3,(H,19,21). The van der Waals surface area contributed by atoms with Gasteiger partial charge in [0.15, 0.2) is 5.71 Å². The van der Waals surface area contributed by atoms with Gasteiger partial charge in [0.2, 0.25) is 0 Å². The molecule has 0 spiro atoms. The number of hydrogen-bond donors (Lipinski definition) is 1. The van der Waals surface area contributed by atoms with E-state index in [1.807, 2.05) is 55.5 Å². The summed E-state index contributed by atoms with van der Waals surface area (Å²) in [6.07, 6.45) is 0. The fraction of sp³-hybridized carbons (Fsp3) is 0.222. The first-order chi connectivity index (χ1) is 11.2. The predicted octanol–water partition coefficient (Wildman–Crippen LogP) is 2.67. The Labute approximate surface area is 135 Å². The van der Waals surface area contributed by atoms with Crippen molar-refractivity contribution in [2.24, 2.45) is 5.16 Å². The van der Waals surface area contributed by atoms with E-state index >= 15 is 0 Å². The van der Waals surface area contributed by atoms with Crippen molar-refractivity contribution in [2.45, 2.75) is 13.5 Å². The van der Waals surface area contributed by atoms with E-state index in [0.29, 0.717) is 12.2 Å². The molecule has 5 heteroatoms. The van der Waals surface area contributed by atoms with Crippen LogP contribution in [0.3, 0.4) is 0 Å². The second-order valence-electron chi connectivity index (χ2n) is 4.96. The number of ether oxygens (including phenoxy) is 1. The summed E-state index contributed by atoms with van der Waals surface area (Å²) in [6, 6.07) is 15.3. The van der Waals surface area contributed by atoms with Crippen molar-refractivity contribution in [3.63, 3.8) is 0 Å². The van der Waals surface area contributed by atoms with E-state index in [4.69, 9.17) is 9.57 Å². The van der Waals surface area contributed by atoms with E-state index < -0.39 is 0 Å². The molecule has 2 aromatic rings. The van der Waals surface area contributed by atoms with Gasteiger partial charge in [0, 0.05) is 12.6 Å². The van der Waals surface area contributed by atoms with Crippen LogP contribution < -0.4 is 10.1 Å². The van der Waals surface area contributed by atoms with Crippen LogP contribution >= 0.6 is 0 Å². The molecule has 0 unspecified atom stereocenters. The number of hydrogen-bond acceptors (Lipinski definition) is 4. The lowest BCUT2D eigenvalue weighted by Gasteiger charge is -2.12. The number of rotatable bonds is 6. The Morgan fingerprint density at radius 1 is 1.17 bits per heavy atom. The molecule has 0 saturated heterocycles. The molecule has 1 N–H and O–H groups in total. The molecule has 0 atom stereocenters. The van der Waals surface area contributed by atoms with Crippen LogP contribution in [0.15, 0.2) is 53.7 Å². The van der Waals surface area contributed by atoms with Crippen LogP contribution in [-0.4, -0.2) is 25.8 Å². The third-order valence-electron chi connectivity index (χ3n) is 3.28. The highest BCUT2D eigenvalue weighted by atomic mass is 16.6. The molecule has 0 aliphatic heterocycles. The maximum absolute atomic E-state index is 12.0. The molecular weight excluding hydrogens is 292 g/mol. The van der Waals surface area contributed by atoms with Gasteiger partial charge < -0.3 is 14.9 Å². The lowest BCUT2D eigenvalue weighted by atomic mass is 10.0. The highest BCUT2D eigenvalue weighted by Crippen LogP contribution is 2.17. The topological polar surface area (TPSA) is 59.9 Å². The Hall–Kier alpha value is -2.82. The van der Waals surface area contributed by atoms with Gasteiger partial charge in [-0.15, -0.1) is 0 Å². The number of nitrogens with zero attached hydrogens (tertiary/aromatic N) is 1. The van der Waals surface area contributed by atoms with Crippen molar-refractivity contribution in [1.29, 1.82) is 0 Å². The zero-order chi connectivity index (χ0) is 16.7. The van der Waals surface area contributed by atoms with Gasteiger partial charge in [-0.05, 0) is 30.2 Å². The van der Waals surface area contributed by atoms with Crippen molar-refractivity contribution in [3.8, 4) is 5.75 Å². The van der Waals surface area contributed by atoms with Crippen LogP contribution in [0.25, 0.3) is 0 Å². The molecule has 23 heavy (non-hydrogen) atoms. The van der Waals surface area contributed by atoms with Crippen molar-refractivity contribution >= 4 is 11.6 Å². The van der Waals surface area contributed by atoms with Gasteiger partial charge in [-0.1, -0.05) is 41.6 Å². The quantitative estimate of drug-likeness (QED) is 0.659. The van der Waals surface area contributed by atoms with E-state index in [2.05, 4.69) is 10.5 Å². The molecule has 120 valence electrons. The first-order valence-corrected chi connectivity index (χ1v) is 7.26. The zero-order valence-corrected chi connectivity index (χ0v) is 13.5. The Bertz CT molecular complexity index is 711. The molecule has 0 aliphatic carbocycles. The number of benzene rings is 2. The molecule has 0 aromatic heterocycles. The van der Waals surface area contributed by atoms with E-state index in [0.717, 1.165) is 16.9 Å². The number of carbonyl (C=O) groups excluding carboxylic acids is 1. The number of aryl methyl sites for hydroxylation is 1. The highest BCUT2D eigenvalue weighted by molar-refractivity contribution is 6.45. The zero-order valence-electron chi connectivity index (χ0n) is 13.5. The summed E-state index contributed by atoms with van der Waals surface area (Å²) >= 11 is 0. The molecule has 2 aromatic carbocycles. The average Bonchev–Trinajstić information content (AvgIpc) is 2.58.